The van der Waals surface area contributed by atoms with Crippen LogP contribution in [0.15, 0.2) is 34.9 Å². The van der Waals surface area contributed by atoms with Gasteiger partial charge in [-0.3, -0.25) is 9.59 Å². The molecular formula is C19H23N3O3. The number of rotatable bonds is 3. The number of hydrogen-bond acceptors (Lipinski definition) is 5. The van der Waals surface area contributed by atoms with Crippen LogP contribution in [-0.2, 0) is 14.3 Å². The summed E-state index contributed by atoms with van der Waals surface area (Å²) in [5.74, 6) is 0.216. The number of allylic oxidation sites excluding steroid dienone is 1. The summed E-state index contributed by atoms with van der Waals surface area (Å²) in [6, 6.07) is 7.52. The van der Waals surface area contributed by atoms with Crippen LogP contribution in [0.1, 0.15) is 37.8 Å². The number of carbonyl (C=O) groups excluding carboxylic acids is 2. The largest absolute Gasteiger partial charge is 0.487 e. The van der Waals surface area contributed by atoms with Gasteiger partial charge in [0.05, 0.1) is 6.54 Å². The molecule has 1 aromatic carbocycles. The number of benzene rings is 1. The third-order valence-electron chi connectivity index (χ3n) is 4.30. The van der Waals surface area contributed by atoms with E-state index >= 15 is 0 Å². The van der Waals surface area contributed by atoms with Gasteiger partial charge in [-0.1, -0.05) is 24.3 Å². The van der Waals surface area contributed by atoms with E-state index in [1.807, 2.05) is 38.1 Å². The van der Waals surface area contributed by atoms with Gasteiger partial charge in [0.25, 0.3) is 5.91 Å². The molecule has 1 amide bonds. The molecule has 0 radical (unpaired) electrons. The normalized spacial score (nSPS) is 20.2. The molecule has 0 atom stereocenters. The maximum absolute atomic E-state index is 12.9. The number of hydrogen-bond donors (Lipinski definition) is 1. The van der Waals surface area contributed by atoms with Crippen LogP contribution in [0.25, 0.3) is 5.76 Å². The van der Waals surface area contributed by atoms with Crippen LogP contribution < -0.4 is 5.43 Å². The van der Waals surface area contributed by atoms with Crippen LogP contribution in [-0.4, -0.2) is 48.5 Å². The van der Waals surface area contributed by atoms with Crippen molar-refractivity contribution in [1.29, 1.82) is 0 Å². The second kappa shape index (κ2) is 6.44. The first-order chi connectivity index (χ1) is 11.8. The maximum Gasteiger partial charge on any atom is 0.254 e. The van der Waals surface area contributed by atoms with Crippen molar-refractivity contribution in [3.8, 4) is 0 Å². The minimum absolute atomic E-state index is 0.172. The lowest BCUT2D eigenvalue weighted by molar-refractivity contribution is -0.121. The SMILES string of the molecule is CN(C)CC(=O)NN=C1C(=O)C2=C(OC(C)(C)CC2)c2ccccc21. The van der Waals surface area contributed by atoms with Gasteiger partial charge in [-0.15, -0.1) is 0 Å². The molecule has 0 spiro atoms. The van der Waals surface area contributed by atoms with Crippen molar-refractivity contribution in [3.05, 3.63) is 41.0 Å². The number of Topliss-reactive ketones (excluding diaryl/α,β-unsaturated/α-hetero) is 1. The Bertz CT molecular complexity index is 791. The fourth-order valence-electron chi connectivity index (χ4n) is 3.07. The zero-order chi connectivity index (χ0) is 18.2. The number of fused-ring (bicyclic) bond motifs is 2. The molecule has 2 aliphatic rings. The minimum Gasteiger partial charge on any atom is -0.487 e. The zero-order valence-corrected chi connectivity index (χ0v) is 15.0. The molecule has 3 rings (SSSR count). The maximum atomic E-state index is 12.9. The van der Waals surface area contributed by atoms with Gasteiger partial charge in [0, 0.05) is 16.7 Å². The highest BCUT2D eigenvalue weighted by atomic mass is 16.5. The highest BCUT2D eigenvalue weighted by Gasteiger charge is 2.38. The Morgan fingerprint density at radius 3 is 2.64 bits per heavy atom. The van der Waals surface area contributed by atoms with Crippen LogP contribution >= 0.6 is 0 Å². The summed E-state index contributed by atoms with van der Waals surface area (Å²) in [7, 11) is 3.60. The van der Waals surface area contributed by atoms with Gasteiger partial charge >= 0.3 is 0 Å². The van der Waals surface area contributed by atoms with Crippen LogP contribution in [0.2, 0.25) is 0 Å². The zero-order valence-electron chi connectivity index (χ0n) is 15.0. The number of carbonyl (C=O) groups is 2. The monoisotopic (exact) mass is 341 g/mol. The van der Waals surface area contributed by atoms with Crippen molar-refractivity contribution in [3.63, 3.8) is 0 Å². The Labute approximate surface area is 147 Å². The molecule has 1 heterocycles. The second-order valence-corrected chi connectivity index (χ2v) is 7.28. The Balaban J connectivity index is 1.99. The van der Waals surface area contributed by atoms with E-state index in [2.05, 4.69) is 10.5 Å². The van der Waals surface area contributed by atoms with Crippen LogP contribution in [0, 0.1) is 0 Å². The van der Waals surface area contributed by atoms with Gasteiger partial charge in [-0.05, 0) is 40.8 Å². The molecule has 0 aromatic heterocycles. The highest BCUT2D eigenvalue weighted by Crippen LogP contribution is 2.41. The van der Waals surface area contributed by atoms with Crippen LogP contribution in [0.5, 0.6) is 0 Å². The van der Waals surface area contributed by atoms with Gasteiger partial charge in [0.15, 0.2) is 0 Å². The highest BCUT2D eigenvalue weighted by molar-refractivity contribution is 6.54. The molecule has 25 heavy (non-hydrogen) atoms. The third-order valence-corrected chi connectivity index (χ3v) is 4.30. The number of hydrazone groups is 1. The van der Waals surface area contributed by atoms with Gasteiger partial charge < -0.3 is 9.64 Å². The average Bonchev–Trinajstić information content (AvgIpc) is 2.53. The van der Waals surface area contributed by atoms with Gasteiger partial charge in [0.2, 0.25) is 5.78 Å². The smallest absolute Gasteiger partial charge is 0.254 e. The van der Waals surface area contributed by atoms with E-state index in [1.54, 1.807) is 19.0 Å². The lowest BCUT2D eigenvalue weighted by Gasteiger charge is -2.36. The minimum atomic E-state index is -0.305. The Morgan fingerprint density at radius 2 is 1.96 bits per heavy atom. The predicted molar refractivity (Wildman–Crippen MR) is 96.0 cm³/mol. The summed E-state index contributed by atoms with van der Waals surface area (Å²) >= 11 is 0. The van der Waals surface area contributed by atoms with Gasteiger partial charge in [-0.2, -0.15) is 5.10 Å². The van der Waals surface area contributed by atoms with E-state index in [-0.39, 0.29) is 29.5 Å². The predicted octanol–water partition coefficient (Wildman–Crippen LogP) is 1.95. The first kappa shape index (κ1) is 17.4. The summed E-state index contributed by atoms with van der Waals surface area (Å²) in [5, 5.41) is 4.14. The van der Waals surface area contributed by atoms with Crippen molar-refractivity contribution in [1.82, 2.24) is 10.3 Å². The molecule has 0 bridgehead atoms. The van der Waals surface area contributed by atoms with Crippen LogP contribution in [0.3, 0.4) is 0 Å². The molecule has 1 aromatic rings. The Morgan fingerprint density at radius 1 is 1.28 bits per heavy atom. The molecular weight excluding hydrogens is 318 g/mol. The summed E-state index contributed by atoms with van der Waals surface area (Å²) in [5.41, 5.74) is 4.63. The lowest BCUT2D eigenvalue weighted by Crippen LogP contribution is -2.37. The number of likely N-dealkylation sites (N-methyl/N-ethyl adjacent to an activating group) is 1. The number of nitrogens with zero attached hydrogens (tertiary/aromatic N) is 2. The van der Waals surface area contributed by atoms with Crippen molar-refractivity contribution in [2.75, 3.05) is 20.6 Å². The molecule has 6 heteroatoms. The van der Waals surface area contributed by atoms with Crippen molar-refractivity contribution in [2.45, 2.75) is 32.3 Å². The average molecular weight is 341 g/mol. The molecule has 1 aliphatic carbocycles. The van der Waals surface area contributed by atoms with Crippen molar-refractivity contribution in [2.24, 2.45) is 5.10 Å². The second-order valence-electron chi connectivity index (χ2n) is 7.28. The number of ether oxygens (including phenoxy) is 1. The quantitative estimate of drug-likeness (QED) is 0.853. The van der Waals surface area contributed by atoms with Crippen molar-refractivity contribution < 1.29 is 14.3 Å². The summed E-state index contributed by atoms with van der Waals surface area (Å²) < 4.78 is 6.11. The van der Waals surface area contributed by atoms with Gasteiger partial charge in [-0.25, -0.2) is 5.43 Å². The molecule has 132 valence electrons. The van der Waals surface area contributed by atoms with Crippen LogP contribution in [0.4, 0.5) is 0 Å². The fourth-order valence-corrected chi connectivity index (χ4v) is 3.07. The Hall–Kier alpha value is -2.47. The molecule has 1 aliphatic heterocycles. The van der Waals surface area contributed by atoms with E-state index in [4.69, 9.17) is 4.74 Å². The van der Waals surface area contributed by atoms with Gasteiger partial charge in [0.1, 0.15) is 17.1 Å². The third kappa shape index (κ3) is 3.49. The first-order valence-corrected chi connectivity index (χ1v) is 8.36. The van der Waals surface area contributed by atoms with Crippen molar-refractivity contribution >= 4 is 23.2 Å². The molecule has 0 fully saturated rings. The topological polar surface area (TPSA) is 71.0 Å². The molecule has 0 unspecified atom stereocenters. The summed E-state index contributed by atoms with van der Waals surface area (Å²) in [6.45, 7) is 4.25. The number of amides is 1. The molecule has 0 saturated carbocycles. The number of ketones is 1. The summed E-state index contributed by atoms with van der Waals surface area (Å²) in [6.07, 6.45) is 1.40. The molecule has 6 nitrogen and oxygen atoms in total. The van der Waals surface area contributed by atoms with E-state index in [9.17, 15) is 9.59 Å². The fraction of sp³-hybridized carbons (Fsp3) is 0.421. The lowest BCUT2D eigenvalue weighted by atomic mass is 9.82. The summed E-state index contributed by atoms with van der Waals surface area (Å²) in [4.78, 5) is 26.6. The standard InChI is InChI=1S/C19H23N3O3/c1-19(2)10-9-14-17(24)16(21-20-15(23)11-22(3)4)12-7-5-6-8-13(12)18(14)25-19/h5-8H,9-11H2,1-4H3,(H,20,23). The van der Waals surface area contributed by atoms with E-state index in [0.717, 1.165) is 12.0 Å². The van der Waals surface area contributed by atoms with E-state index in [0.29, 0.717) is 23.3 Å². The van der Waals surface area contributed by atoms with E-state index in [1.165, 1.54) is 0 Å². The van der Waals surface area contributed by atoms with E-state index < -0.39 is 0 Å². The molecule has 0 saturated heterocycles. The number of nitrogens with one attached hydrogen (secondary N) is 1. The Kier molecular flexibility index (Phi) is 4.47. The molecule has 1 N–H and O–H groups in total. The first-order valence-electron chi connectivity index (χ1n) is 8.36.